The molecule has 0 saturated carbocycles. The number of halogens is 2. The van der Waals surface area contributed by atoms with Gasteiger partial charge in [-0.3, -0.25) is 0 Å². The molecule has 0 aromatic heterocycles. The van der Waals surface area contributed by atoms with Crippen molar-refractivity contribution in [1.82, 2.24) is 0 Å². The number of carboxylic acid groups (broad SMARTS) is 1. The van der Waals surface area contributed by atoms with Gasteiger partial charge in [0.2, 0.25) is 0 Å². The second-order valence-electron chi connectivity index (χ2n) is 5.80. The fraction of sp³-hybridized carbons (Fsp3) is 0.550. The van der Waals surface area contributed by atoms with E-state index >= 15 is 0 Å². The van der Waals surface area contributed by atoms with Crippen molar-refractivity contribution in [2.75, 3.05) is 0 Å². The van der Waals surface area contributed by atoms with E-state index in [1.165, 1.54) is 50.7 Å². The molecule has 0 unspecified atom stereocenters. The van der Waals surface area contributed by atoms with Gasteiger partial charge in [0, 0.05) is 6.08 Å². The molecule has 0 atom stereocenters. The van der Waals surface area contributed by atoms with Gasteiger partial charge in [0.25, 0.3) is 0 Å². The molecule has 0 aliphatic heterocycles. The van der Waals surface area contributed by atoms with E-state index in [4.69, 9.17) is 5.11 Å². The fourth-order valence-corrected chi connectivity index (χ4v) is 2.21. The summed E-state index contributed by atoms with van der Waals surface area (Å²) >= 11 is 0. The van der Waals surface area contributed by atoms with Crippen LogP contribution in [0.3, 0.4) is 0 Å². The van der Waals surface area contributed by atoms with Crippen molar-refractivity contribution in [3.8, 4) is 0 Å². The highest BCUT2D eigenvalue weighted by molar-refractivity contribution is 5.80. The first-order valence-electron chi connectivity index (χ1n) is 8.85. The fourth-order valence-electron chi connectivity index (χ4n) is 2.21. The Morgan fingerprint density at radius 2 is 1.38 bits per heavy atom. The second-order valence-corrected chi connectivity index (χ2v) is 5.80. The Labute approximate surface area is 144 Å². The van der Waals surface area contributed by atoms with E-state index in [0.29, 0.717) is 6.42 Å². The Balaban J connectivity index is 3.76. The summed E-state index contributed by atoms with van der Waals surface area (Å²) in [6, 6.07) is 0. The van der Waals surface area contributed by atoms with Gasteiger partial charge in [0.05, 0.1) is 5.83 Å². The van der Waals surface area contributed by atoms with E-state index in [-0.39, 0.29) is 5.83 Å². The van der Waals surface area contributed by atoms with Crippen LogP contribution in [0.2, 0.25) is 0 Å². The third-order valence-electron chi connectivity index (χ3n) is 3.55. The molecule has 0 saturated heterocycles. The maximum atomic E-state index is 13.5. The van der Waals surface area contributed by atoms with Gasteiger partial charge < -0.3 is 5.11 Å². The number of hydrogen-bond donors (Lipinski definition) is 1. The summed E-state index contributed by atoms with van der Waals surface area (Å²) in [5, 5.41) is 8.34. The largest absolute Gasteiger partial charge is 0.478 e. The van der Waals surface area contributed by atoms with E-state index in [1.54, 1.807) is 0 Å². The van der Waals surface area contributed by atoms with Crippen LogP contribution in [0, 0.1) is 0 Å². The van der Waals surface area contributed by atoms with Gasteiger partial charge in [-0.2, -0.15) is 0 Å². The molecule has 0 aliphatic carbocycles. The molecule has 0 heterocycles. The predicted octanol–water partition coefficient (Wildman–Crippen LogP) is 6.81. The monoisotopic (exact) mass is 340 g/mol. The topological polar surface area (TPSA) is 37.3 Å². The summed E-state index contributed by atoms with van der Waals surface area (Å²) in [6.07, 6.45) is 17.6. The molecule has 0 bridgehead atoms. The minimum atomic E-state index is -1.14. The van der Waals surface area contributed by atoms with E-state index in [0.717, 1.165) is 43.6 Å². The standard InChI is InChI=1S/C20H30F2O2/c1-2-3-4-5-6-7-8-9-10-13-18(21)14-11-15-19(22)16-12-17-20(23)24/h11-12,14-17H,2-10,13H2,1H3,(H,23,24). The predicted molar refractivity (Wildman–Crippen MR) is 96.1 cm³/mol. The van der Waals surface area contributed by atoms with Crippen LogP contribution < -0.4 is 0 Å². The molecule has 0 rings (SSSR count). The third-order valence-corrected chi connectivity index (χ3v) is 3.55. The average Bonchev–Trinajstić information content (AvgIpc) is 2.53. The number of rotatable bonds is 14. The highest BCUT2D eigenvalue weighted by atomic mass is 19.1. The molecule has 2 nitrogen and oxygen atoms in total. The highest BCUT2D eigenvalue weighted by Crippen LogP contribution is 2.14. The van der Waals surface area contributed by atoms with Crippen LogP contribution in [0.4, 0.5) is 8.78 Å². The quantitative estimate of drug-likeness (QED) is 0.214. The van der Waals surface area contributed by atoms with Crippen molar-refractivity contribution in [1.29, 1.82) is 0 Å². The van der Waals surface area contributed by atoms with E-state index in [2.05, 4.69) is 6.92 Å². The van der Waals surface area contributed by atoms with E-state index < -0.39 is 11.8 Å². The first-order chi connectivity index (χ1) is 11.6. The summed E-state index contributed by atoms with van der Waals surface area (Å²) in [5.74, 6) is -2.03. The SMILES string of the molecule is CCCCCCCCCCCC(F)=CC=CC(F)=CC=CC(=O)O. The van der Waals surface area contributed by atoms with Gasteiger partial charge in [0.15, 0.2) is 0 Å². The highest BCUT2D eigenvalue weighted by Gasteiger charge is 1.95. The molecule has 0 aromatic rings. The lowest BCUT2D eigenvalue weighted by Crippen LogP contribution is -1.84. The van der Waals surface area contributed by atoms with Gasteiger partial charge in [-0.1, -0.05) is 70.4 Å². The van der Waals surface area contributed by atoms with Crippen molar-refractivity contribution in [2.45, 2.75) is 71.1 Å². The van der Waals surface area contributed by atoms with Crippen molar-refractivity contribution in [2.24, 2.45) is 0 Å². The molecule has 24 heavy (non-hydrogen) atoms. The lowest BCUT2D eigenvalue weighted by atomic mass is 10.1. The molecule has 0 radical (unpaired) electrons. The van der Waals surface area contributed by atoms with Gasteiger partial charge in [-0.25, -0.2) is 13.6 Å². The molecular weight excluding hydrogens is 310 g/mol. The number of carboxylic acids is 1. The van der Waals surface area contributed by atoms with Crippen LogP contribution in [0.1, 0.15) is 71.1 Å². The molecule has 0 spiro atoms. The van der Waals surface area contributed by atoms with Crippen LogP contribution in [0.25, 0.3) is 0 Å². The Morgan fingerprint density at radius 3 is 1.96 bits per heavy atom. The minimum absolute atomic E-state index is 0.261. The van der Waals surface area contributed by atoms with Crippen molar-refractivity contribution >= 4 is 5.97 Å². The first-order valence-corrected chi connectivity index (χ1v) is 8.85. The summed E-state index contributed by atoms with van der Waals surface area (Å²) in [4.78, 5) is 10.2. The molecule has 0 fully saturated rings. The summed E-state index contributed by atoms with van der Waals surface area (Å²) in [7, 11) is 0. The number of carbonyl (C=O) groups is 1. The maximum absolute atomic E-state index is 13.5. The zero-order valence-electron chi connectivity index (χ0n) is 14.6. The van der Waals surface area contributed by atoms with Crippen LogP contribution in [0.5, 0.6) is 0 Å². The smallest absolute Gasteiger partial charge is 0.328 e. The Morgan fingerprint density at radius 1 is 0.833 bits per heavy atom. The van der Waals surface area contributed by atoms with Crippen LogP contribution in [-0.4, -0.2) is 11.1 Å². The van der Waals surface area contributed by atoms with Crippen LogP contribution in [0.15, 0.2) is 48.1 Å². The van der Waals surface area contributed by atoms with Crippen LogP contribution >= 0.6 is 0 Å². The van der Waals surface area contributed by atoms with E-state index in [9.17, 15) is 13.6 Å². The lowest BCUT2D eigenvalue weighted by molar-refractivity contribution is -0.131. The maximum Gasteiger partial charge on any atom is 0.328 e. The summed E-state index contributed by atoms with van der Waals surface area (Å²) < 4.78 is 26.7. The number of allylic oxidation sites excluding steroid dienone is 7. The molecule has 0 aliphatic rings. The zero-order chi connectivity index (χ0) is 18.0. The van der Waals surface area contributed by atoms with Gasteiger partial charge in [-0.05, 0) is 31.1 Å². The van der Waals surface area contributed by atoms with Crippen molar-refractivity contribution in [3.05, 3.63) is 48.1 Å². The second kappa shape index (κ2) is 16.2. The molecule has 4 heteroatoms. The lowest BCUT2D eigenvalue weighted by Gasteiger charge is -2.01. The number of aliphatic carboxylic acids is 1. The number of hydrogen-bond acceptors (Lipinski definition) is 1. The van der Waals surface area contributed by atoms with Crippen LogP contribution in [-0.2, 0) is 4.79 Å². The molecule has 136 valence electrons. The van der Waals surface area contributed by atoms with Gasteiger partial charge in [0.1, 0.15) is 5.83 Å². The number of unbranched alkanes of at least 4 members (excludes halogenated alkanes) is 8. The molecular formula is C20H30F2O2. The normalized spacial score (nSPS) is 13.3. The molecule has 0 amide bonds. The summed E-state index contributed by atoms with van der Waals surface area (Å²) in [6.45, 7) is 2.21. The van der Waals surface area contributed by atoms with E-state index in [1.807, 2.05) is 0 Å². The zero-order valence-corrected chi connectivity index (χ0v) is 14.6. The van der Waals surface area contributed by atoms with Crippen molar-refractivity contribution in [3.63, 3.8) is 0 Å². The Kier molecular flexibility index (Phi) is 15.0. The Bertz CT molecular complexity index is 449. The van der Waals surface area contributed by atoms with Crippen molar-refractivity contribution < 1.29 is 18.7 Å². The minimum Gasteiger partial charge on any atom is -0.478 e. The van der Waals surface area contributed by atoms with Gasteiger partial charge in [-0.15, -0.1) is 0 Å². The van der Waals surface area contributed by atoms with Gasteiger partial charge >= 0.3 is 5.97 Å². The first kappa shape index (κ1) is 22.3. The average molecular weight is 340 g/mol. The summed E-state index contributed by atoms with van der Waals surface area (Å²) in [5.41, 5.74) is 0. The molecule has 0 aromatic carbocycles. The molecule has 1 N–H and O–H groups in total. The Hall–Kier alpha value is -1.71. The third kappa shape index (κ3) is 16.7.